The molecule has 0 aliphatic heterocycles. The first kappa shape index (κ1) is 29.4. The first-order valence-corrected chi connectivity index (χ1v) is 16.6. The Hall–Kier alpha value is -4.08. The minimum atomic E-state index is -1.91. The molecular formula is C36H38N2O3P+. The third kappa shape index (κ3) is 6.37. The van der Waals surface area contributed by atoms with Crippen LogP contribution in [0.3, 0.4) is 0 Å². The molecule has 0 saturated carbocycles. The van der Waals surface area contributed by atoms with Gasteiger partial charge in [0.1, 0.15) is 29.0 Å². The lowest BCUT2D eigenvalue weighted by Gasteiger charge is -2.28. The van der Waals surface area contributed by atoms with Gasteiger partial charge in [0.2, 0.25) is 0 Å². The summed E-state index contributed by atoms with van der Waals surface area (Å²) >= 11 is 0. The fourth-order valence-electron chi connectivity index (χ4n) is 5.73. The van der Waals surface area contributed by atoms with Gasteiger partial charge in [-0.3, -0.25) is 24.6 Å². The Labute approximate surface area is 247 Å². The second kappa shape index (κ2) is 12.8. The number of hydrogen-bond acceptors (Lipinski definition) is 3. The molecule has 0 aliphatic rings. The van der Waals surface area contributed by atoms with Crippen molar-refractivity contribution in [1.82, 2.24) is 10.2 Å². The number of hydrogen-bond donors (Lipinski definition) is 2. The number of nitrogens with one attached hydrogen (secondary N) is 2. The van der Waals surface area contributed by atoms with Gasteiger partial charge in [-0.05, 0) is 94.1 Å². The number of H-pyrrole nitrogens is 2. The van der Waals surface area contributed by atoms with Crippen molar-refractivity contribution in [2.45, 2.75) is 52.9 Å². The van der Waals surface area contributed by atoms with Crippen molar-refractivity contribution in [3.05, 3.63) is 134 Å². The van der Waals surface area contributed by atoms with Crippen molar-refractivity contribution < 1.29 is 4.79 Å². The van der Waals surface area contributed by atoms with Crippen LogP contribution in [0.5, 0.6) is 0 Å². The monoisotopic (exact) mass is 577 g/mol. The van der Waals surface area contributed by atoms with Crippen molar-refractivity contribution in [3.63, 3.8) is 0 Å². The van der Waals surface area contributed by atoms with E-state index in [1.807, 2.05) is 0 Å². The van der Waals surface area contributed by atoms with E-state index in [2.05, 4.69) is 104 Å². The predicted octanol–water partition coefficient (Wildman–Crippen LogP) is 5.81. The Kier molecular flexibility index (Phi) is 8.99. The van der Waals surface area contributed by atoms with E-state index in [0.29, 0.717) is 17.2 Å². The van der Waals surface area contributed by atoms with Crippen LogP contribution in [0.4, 0.5) is 0 Å². The molecule has 1 heterocycles. The van der Waals surface area contributed by atoms with Crippen LogP contribution in [-0.2, 0) is 11.2 Å². The quantitative estimate of drug-likeness (QED) is 0.154. The SMILES string of the molecule is Cc1ccc([P+](CCCCCC(=O)Cc2ccc3c(=O)[nH][nH]c(=O)c3c2)(c2ccc(C)cc2)c2ccc(C)cc2)cc1. The highest BCUT2D eigenvalue weighted by Crippen LogP contribution is 2.56. The minimum absolute atomic E-state index is 0.146. The summed E-state index contributed by atoms with van der Waals surface area (Å²) in [7, 11) is -1.91. The van der Waals surface area contributed by atoms with E-state index in [4.69, 9.17) is 0 Å². The number of carbonyl (C=O) groups is 1. The number of carbonyl (C=O) groups excluding carboxylic acids is 1. The average Bonchev–Trinajstić information content (AvgIpc) is 2.99. The molecule has 0 saturated heterocycles. The molecule has 5 rings (SSSR count). The summed E-state index contributed by atoms with van der Waals surface area (Å²) in [5.74, 6) is 0.146. The van der Waals surface area contributed by atoms with Gasteiger partial charge in [0, 0.05) is 12.8 Å². The number of aryl methyl sites for hydroxylation is 3. The van der Waals surface area contributed by atoms with Gasteiger partial charge in [0.25, 0.3) is 11.1 Å². The molecule has 0 aliphatic carbocycles. The summed E-state index contributed by atoms with van der Waals surface area (Å²) in [5, 5.41) is 9.50. The number of benzene rings is 4. The lowest BCUT2D eigenvalue weighted by molar-refractivity contribution is -0.118. The first-order valence-electron chi connectivity index (χ1n) is 14.6. The maximum absolute atomic E-state index is 12.9. The number of aromatic amines is 2. The van der Waals surface area contributed by atoms with E-state index < -0.39 is 7.26 Å². The third-order valence-electron chi connectivity index (χ3n) is 8.14. The molecule has 6 heteroatoms. The lowest BCUT2D eigenvalue weighted by atomic mass is 10.0. The van der Waals surface area contributed by atoms with Crippen LogP contribution in [0.15, 0.2) is 101 Å². The van der Waals surface area contributed by atoms with Gasteiger partial charge in [-0.1, -0.05) is 59.2 Å². The zero-order chi connectivity index (χ0) is 29.7. The summed E-state index contributed by atoms with van der Waals surface area (Å²) in [6.07, 6.45) is 4.60. The van der Waals surface area contributed by atoms with Gasteiger partial charge in [-0.25, -0.2) is 0 Å². The molecule has 5 aromatic rings. The predicted molar refractivity (Wildman–Crippen MR) is 177 cm³/mol. The van der Waals surface area contributed by atoms with Crippen molar-refractivity contribution in [2.24, 2.45) is 0 Å². The normalized spacial score (nSPS) is 11.6. The van der Waals surface area contributed by atoms with Gasteiger partial charge in [-0.2, -0.15) is 0 Å². The summed E-state index contributed by atoms with van der Waals surface area (Å²) in [6.45, 7) is 6.40. The Morgan fingerprint density at radius 2 is 1.07 bits per heavy atom. The molecule has 0 fully saturated rings. The topological polar surface area (TPSA) is 82.8 Å². The zero-order valence-electron chi connectivity index (χ0n) is 24.6. The van der Waals surface area contributed by atoms with E-state index in [1.165, 1.54) is 32.6 Å². The number of aromatic nitrogens is 2. The number of unbranched alkanes of at least 4 members (excludes halogenated alkanes) is 2. The van der Waals surface area contributed by atoms with Crippen LogP contribution in [0.25, 0.3) is 10.8 Å². The second-order valence-corrected chi connectivity index (χ2v) is 15.0. The molecule has 2 N–H and O–H groups in total. The van der Waals surface area contributed by atoms with Gasteiger partial charge in [-0.15, -0.1) is 0 Å². The van der Waals surface area contributed by atoms with E-state index in [-0.39, 0.29) is 23.3 Å². The largest absolute Gasteiger partial charge is 0.299 e. The minimum Gasteiger partial charge on any atom is -0.299 e. The third-order valence-corrected chi connectivity index (χ3v) is 12.7. The van der Waals surface area contributed by atoms with Gasteiger partial charge in [0.15, 0.2) is 0 Å². The molecule has 42 heavy (non-hydrogen) atoms. The highest BCUT2D eigenvalue weighted by molar-refractivity contribution is 7.95. The molecule has 0 unspecified atom stereocenters. The molecule has 0 spiro atoms. The molecule has 0 amide bonds. The summed E-state index contributed by atoms with van der Waals surface area (Å²) < 4.78 is 0. The first-order chi connectivity index (χ1) is 20.3. The van der Waals surface area contributed by atoms with Crippen LogP contribution in [0.1, 0.15) is 47.9 Å². The molecule has 4 aromatic carbocycles. The molecule has 214 valence electrons. The summed E-state index contributed by atoms with van der Waals surface area (Å²) in [5.41, 5.74) is 3.82. The van der Waals surface area contributed by atoms with Crippen molar-refractivity contribution in [2.75, 3.05) is 6.16 Å². The van der Waals surface area contributed by atoms with Gasteiger partial charge < -0.3 is 0 Å². The van der Waals surface area contributed by atoms with Crippen molar-refractivity contribution >= 4 is 39.7 Å². The van der Waals surface area contributed by atoms with E-state index in [0.717, 1.165) is 31.0 Å². The number of ketones is 1. The molecular weight excluding hydrogens is 539 g/mol. The molecule has 0 radical (unpaired) electrons. The van der Waals surface area contributed by atoms with Gasteiger partial charge in [0.05, 0.1) is 16.9 Å². The van der Waals surface area contributed by atoms with Crippen molar-refractivity contribution in [3.8, 4) is 0 Å². The molecule has 0 bridgehead atoms. The van der Waals surface area contributed by atoms with E-state index in [1.54, 1.807) is 18.2 Å². The second-order valence-electron chi connectivity index (χ2n) is 11.4. The summed E-state index contributed by atoms with van der Waals surface area (Å²) in [4.78, 5) is 37.0. The molecule has 5 nitrogen and oxygen atoms in total. The lowest BCUT2D eigenvalue weighted by Crippen LogP contribution is -2.33. The molecule has 1 aromatic heterocycles. The zero-order valence-corrected chi connectivity index (χ0v) is 25.5. The highest BCUT2D eigenvalue weighted by Gasteiger charge is 2.44. The van der Waals surface area contributed by atoms with Crippen molar-refractivity contribution in [1.29, 1.82) is 0 Å². The fourth-order valence-corrected chi connectivity index (χ4v) is 10.1. The Balaban J connectivity index is 1.32. The fraction of sp³-hybridized carbons (Fsp3) is 0.250. The van der Waals surface area contributed by atoms with Crippen LogP contribution in [0.2, 0.25) is 0 Å². The van der Waals surface area contributed by atoms with Crippen LogP contribution >= 0.6 is 7.26 Å². The smallest absolute Gasteiger partial charge is 0.270 e. The van der Waals surface area contributed by atoms with Gasteiger partial charge >= 0.3 is 0 Å². The highest BCUT2D eigenvalue weighted by atomic mass is 31.2. The van der Waals surface area contributed by atoms with E-state index in [9.17, 15) is 14.4 Å². The Bertz CT molecular complexity index is 1690. The number of rotatable bonds is 11. The number of Topliss-reactive ketones (excluding diaryl/α,β-unsaturated/α-hetero) is 1. The van der Waals surface area contributed by atoms with Crippen LogP contribution in [0, 0.1) is 20.8 Å². The Morgan fingerprint density at radius 1 is 0.595 bits per heavy atom. The molecule has 0 atom stereocenters. The Morgan fingerprint density at radius 3 is 1.57 bits per heavy atom. The van der Waals surface area contributed by atoms with Crippen LogP contribution < -0.4 is 27.0 Å². The maximum atomic E-state index is 12.9. The summed E-state index contributed by atoms with van der Waals surface area (Å²) in [6, 6.07) is 32.3. The van der Waals surface area contributed by atoms with E-state index >= 15 is 0 Å². The average molecular weight is 578 g/mol. The van der Waals surface area contributed by atoms with Crippen LogP contribution in [-0.4, -0.2) is 22.1 Å². The number of fused-ring (bicyclic) bond motifs is 1. The standard InChI is InChI=1S/C36H37N2O3P/c1-25-8-15-30(16-9-25)42(31-17-10-26(2)11-18-31,32-19-12-27(3)13-20-32)22-6-4-5-7-29(39)23-28-14-21-33-34(24-28)36(41)38-37-35(33)40/h8-21,24H,4-7,22-23H2,1-3H3,(H-,37,38,40,41)/p+1. The maximum Gasteiger partial charge on any atom is 0.270 e.